The number of carbonyl (C=O) groups excluding carboxylic acids is 2. The van der Waals surface area contributed by atoms with Crippen LogP contribution in [-0.4, -0.2) is 49.6 Å². The van der Waals surface area contributed by atoms with Crippen molar-refractivity contribution in [1.29, 1.82) is 0 Å². The van der Waals surface area contributed by atoms with Crippen molar-refractivity contribution in [2.75, 3.05) is 13.2 Å². The van der Waals surface area contributed by atoms with E-state index >= 15 is 0 Å². The van der Waals surface area contributed by atoms with Crippen LogP contribution in [0.25, 0.3) is 0 Å². The lowest BCUT2D eigenvalue weighted by Gasteiger charge is -2.03. The maximum Gasteiger partial charge on any atom is 0.417 e. The van der Waals surface area contributed by atoms with Crippen molar-refractivity contribution in [3.05, 3.63) is 0 Å². The molecule has 0 radical (unpaired) electrons. The monoisotopic (exact) mass is 286 g/mol. The summed E-state index contributed by atoms with van der Waals surface area (Å²) in [5, 5.41) is 0. The molecule has 0 aromatic rings. The Bertz CT molecular complexity index is 322. The molecule has 2 saturated heterocycles. The molecule has 4 unspecified atom stereocenters. The van der Waals surface area contributed by atoms with Crippen LogP contribution >= 0.6 is 0 Å². The Morgan fingerprint density at radius 2 is 1.20 bits per heavy atom. The van der Waals surface area contributed by atoms with Gasteiger partial charge in [-0.1, -0.05) is 26.7 Å². The molecule has 20 heavy (non-hydrogen) atoms. The van der Waals surface area contributed by atoms with Gasteiger partial charge in [-0.25, -0.2) is 9.59 Å². The SMILES string of the molecule is CCCC1OC1COC(=O)C(=O)OCC1OC1CCC. The van der Waals surface area contributed by atoms with Crippen LogP contribution in [0.15, 0.2) is 0 Å². The van der Waals surface area contributed by atoms with Gasteiger partial charge in [-0.05, 0) is 12.8 Å². The van der Waals surface area contributed by atoms with E-state index in [9.17, 15) is 9.59 Å². The maximum absolute atomic E-state index is 11.4. The molecule has 2 heterocycles. The third-order valence-electron chi connectivity index (χ3n) is 3.45. The van der Waals surface area contributed by atoms with E-state index in [1.54, 1.807) is 0 Å². The van der Waals surface area contributed by atoms with E-state index in [1.807, 2.05) is 0 Å². The molecule has 2 aliphatic heterocycles. The first-order chi connectivity index (χ1) is 9.65. The van der Waals surface area contributed by atoms with E-state index in [2.05, 4.69) is 13.8 Å². The first kappa shape index (κ1) is 15.3. The van der Waals surface area contributed by atoms with Crippen molar-refractivity contribution in [3.63, 3.8) is 0 Å². The van der Waals surface area contributed by atoms with Crippen LogP contribution in [0.4, 0.5) is 0 Å². The predicted molar refractivity (Wildman–Crippen MR) is 69.1 cm³/mol. The number of ether oxygens (including phenoxy) is 4. The molecule has 2 aliphatic rings. The zero-order chi connectivity index (χ0) is 14.5. The predicted octanol–water partition coefficient (Wildman–Crippen LogP) is 1.21. The first-order valence-corrected chi connectivity index (χ1v) is 7.30. The minimum absolute atomic E-state index is 0.0626. The van der Waals surface area contributed by atoms with Crippen LogP contribution in [0.5, 0.6) is 0 Å². The van der Waals surface area contributed by atoms with Gasteiger partial charge in [-0.2, -0.15) is 0 Å². The van der Waals surface area contributed by atoms with Crippen LogP contribution in [-0.2, 0) is 28.5 Å². The van der Waals surface area contributed by atoms with Gasteiger partial charge in [-0.15, -0.1) is 0 Å². The summed E-state index contributed by atoms with van der Waals surface area (Å²) in [5.41, 5.74) is 0. The van der Waals surface area contributed by atoms with Gasteiger partial charge in [0.2, 0.25) is 0 Å². The van der Waals surface area contributed by atoms with Crippen LogP contribution in [0.3, 0.4) is 0 Å². The van der Waals surface area contributed by atoms with Crippen molar-refractivity contribution in [2.24, 2.45) is 0 Å². The molecule has 2 rings (SSSR count). The molecule has 6 heteroatoms. The Balaban J connectivity index is 1.53. The van der Waals surface area contributed by atoms with Gasteiger partial charge in [0.15, 0.2) is 0 Å². The Morgan fingerprint density at radius 1 is 0.800 bits per heavy atom. The summed E-state index contributed by atoms with van der Waals surface area (Å²) < 4.78 is 20.3. The Morgan fingerprint density at radius 3 is 1.55 bits per heavy atom. The van der Waals surface area contributed by atoms with Gasteiger partial charge in [0.1, 0.15) is 25.4 Å². The molecular weight excluding hydrogens is 264 g/mol. The van der Waals surface area contributed by atoms with Gasteiger partial charge in [0.05, 0.1) is 12.2 Å². The number of hydrogen-bond donors (Lipinski definition) is 0. The quantitative estimate of drug-likeness (QED) is 0.379. The van der Waals surface area contributed by atoms with Crippen LogP contribution < -0.4 is 0 Å². The molecular formula is C14H22O6. The zero-order valence-corrected chi connectivity index (χ0v) is 12.0. The second-order valence-electron chi connectivity index (χ2n) is 5.20. The van der Waals surface area contributed by atoms with Crippen LogP contribution in [0, 0.1) is 0 Å². The molecule has 0 aliphatic carbocycles. The molecule has 2 fully saturated rings. The van der Waals surface area contributed by atoms with Gasteiger partial charge in [0, 0.05) is 0 Å². The fourth-order valence-corrected chi connectivity index (χ4v) is 2.16. The molecule has 0 spiro atoms. The first-order valence-electron chi connectivity index (χ1n) is 7.30. The van der Waals surface area contributed by atoms with E-state index in [0.717, 1.165) is 25.7 Å². The highest BCUT2D eigenvalue weighted by molar-refractivity contribution is 6.29. The van der Waals surface area contributed by atoms with Crippen molar-refractivity contribution in [2.45, 2.75) is 63.9 Å². The summed E-state index contributed by atoms with van der Waals surface area (Å²) in [6.45, 7) is 4.37. The number of rotatable bonds is 8. The van der Waals surface area contributed by atoms with E-state index in [4.69, 9.17) is 18.9 Å². The van der Waals surface area contributed by atoms with E-state index in [-0.39, 0.29) is 37.6 Å². The van der Waals surface area contributed by atoms with Gasteiger partial charge in [0.25, 0.3) is 0 Å². The average Bonchev–Trinajstić information content (AvgIpc) is 3.32. The van der Waals surface area contributed by atoms with Crippen LogP contribution in [0.2, 0.25) is 0 Å². The summed E-state index contributed by atoms with van der Waals surface area (Å²) in [6.07, 6.45) is 4.15. The Labute approximate surface area is 118 Å². The number of carbonyl (C=O) groups is 2. The summed E-state index contributed by atoms with van der Waals surface area (Å²) >= 11 is 0. The second-order valence-corrected chi connectivity index (χ2v) is 5.20. The standard InChI is InChI=1S/C14H22O6/c1-3-5-9-11(19-9)7-17-13(15)14(16)18-8-12-10(20-12)6-4-2/h9-12H,3-8H2,1-2H3. The summed E-state index contributed by atoms with van der Waals surface area (Å²) in [6, 6.07) is 0. The number of epoxide rings is 2. The van der Waals surface area contributed by atoms with E-state index < -0.39 is 11.9 Å². The lowest BCUT2D eigenvalue weighted by Crippen LogP contribution is -2.24. The number of esters is 2. The zero-order valence-electron chi connectivity index (χ0n) is 12.0. The van der Waals surface area contributed by atoms with E-state index in [1.165, 1.54) is 0 Å². The number of hydrogen-bond acceptors (Lipinski definition) is 6. The summed E-state index contributed by atoms with van der Waals surface area (Å²) in [5.74, 6) is -1.91. The fourth-order valence-electron chi connectivity index (χ4n) is 2.16. The second kappa shape index (κ2) is 7.04. The molecule has 0 amide bonds. The Kier molecular flexibility index (Phi) is 5.37. The van der Waals surface area contributed by atoms with Crippen LogP contribution in [0.1, 0.15) is 39.5 Å². The molecule has 0 N–H and O–H groups in total. The topological polar surface area (TPSA) is 77.7 Å². The van der Waals surface area contributed by atoms with Crippen molar-refractivity contribution in [3.8, 4) is 0 Å². The minimum atomic E-state index is -0.955. The third kappa shape index (κ3) is 4.45. The highest BCUT2D eigenvalue weighted by atomic mass is 16.7. The van der Waals surface area contributed by atoms with Crippen molar-refractivity contribution >= 4 is 11.9 Å². The van der Waals surface area contributed by atoms with Gasteiger partial charge < -0.3 is 18.9 Å². The fraction of sp³-hybridized carbons (Fsp3) is 0.857. The largest absolute Gasteiger partial charge is 0.454 e. The maximum atomic E-state index is 11.4. The van der Waals surface area contributed by atoms with Crippen molar-refractivity contribution < 1.29 is 28.5 Å². The van der Waals surface area contributed by atoms with E-state index in [0.29, 0.717) is 0 Å². The molecule has 0 saturated carbocycles. The lowest BCUT2D eigenvalue weighted by molar-refractivity contribution is -0.168. The summed E-state index contributed by atoms with van der Waals surface area (Å²) in [4.78, 5) is 22.8. The Hall–Kier alpha value is -1.14. The molecule has 0 bridgehead atoms. The smallest absolute Gasteiger partial charge is 0.417 e. The lowest BCUT2D eigenvalue weighted by atomic mass is 10.2. The molecule has 0 aromatic heterocycles. The van der Waals surface area contributed by atoms with Gasteiger partial charge >= 0.3 is 11.9 Å². The molecule has 114 valence electrons. The third-order valence-corrected chi connectivity index (χ3v) is 3.45. The molecule has 4 atom stereocenters. The highest BCUT2D eigenvalue weighted by Gasteiger charge is 2.41. The molecule has 0 aromatic carbocycles. The normalized spacial score (nSPS) is 30.7. The molecule has 6 nitrogen and oxygen atoms in total. The minimum Gasteiger partial charge on any atom is -0.454 e. The highest BCUT2D eigenvalue weighted by Crippen LogP contribution is 2.27. The average molecular weight is 286 g/mol. The van der Waals surface area contributed by atoms with Crippen molar-refractivity contribution in [1.82, 2.24) is 0 Å². The summed E-state index contributed by atoms with van der Waals surface area (Å²) in [7, 11) is 0. The van der Waals surface area contributed by atoms with Gasteiger partial charge in [-0.3, -0.25) is 0 Å².